The number of nitrogens with one attached hydrogen (secondary N) is 1. The highest BCUT2D eigenvalue weighted by atomic mass is 32.2. The summed E-state index contributed by atoms with van der Waals surface area (Å²) >= 11 is 0. The van der Waals surface area contributed by atoms with Crippen LogP contribution < -0.4 is 5.32 Å². The van der Waals surface area contributed by atoms with E-state index in [0.717, 1.165) is 26.2 Å². The first-order chi connectivity index (χ1) is 10.1. The van der Waals surface area contributed by atoms with Crippen molar-refractivity contribution in [3.8, 4) is 0 Å². The van der Waals surface area contributed by atoms with Crippen LogP contribution in [0.4, 0.5) is 0 Å². The third kappa shape index (κ3) is 5.98. The quantitative estimate of drug-likeness (QED) is 0.697. The molecule has 1 atom stereocenters. The van der Waals surface area contributed by atoms with Crippen LogP contribution in [0.5, 0.6) is 0 Å². The first-order valence-corrected chi connectivity index (χ1v) is 13.6. The SMILES string of the molecule is C[Si](C)(C)CN1CCN(CC(=O)N[C@H]2CCS(=O)(=O)C2)CC1. The summed E-state index contributed by atoms with van der Waals surface area (Å²) in [4.78, 5) is 16.7. The second-order valence-corrected chi connectivity index (χ2v) is 15.4. The second-order valence-electron chi connectivity index (χ2n) is 7.78. The van der Waals surface area contributed by atoms with E-state index >= 15 is 0 Å². The van der Waals surface area contributed by atoms with Crippen molar-refractivity contribution in [3.63, 3.8) is 0 Å². The molecule has 8 heteroatoms. The Bertz CT molecular complexity index is 496. The average Bonchev–Trinajstić information content (AvgIpc) is 2.69. The van der Waals surface area contributed by atoms with Crippen molar-refractivity contribution in [2.45, 2.75) is 32.1 Å². The fourth-order valence-corrected chi connectivity index (χ4v) is 6.49. The van der Waals surface area contributed by atoms with Crippen molar-refractivity contribution in [2.75, 3.05) is 50.4 Å². The molecule has 0 spiro atoms. The van der Waals surface area contributed by atoms with Crippen LogP contribution in [0.25, 0.3) is 0 Å². The molecule has 2 saturated heterocycles. The van der Waals surface area contributed by atoms with Crippen molar-refractivity contribution in [3.05, 3.63) is 0 Å². The molecular formula is C14H29N3O3SSi. The summed E-state index contributed by atoms with van der Waals surface area (Å²) in [5, 5.41) is 2.86. The minimum atomic E-state index is -2.93. The predicted molar refractivity (Wildman–Crippen MR) is 91.4 cm³/mol. The fraction of sp³-hybridized carbons (Fsp3) is 0.929. The van der Waals surface area contributed by atoms with Crippen molar-refractivity contribution < 1.29 is 13.2 Å². The number of carbonyl (C=O) groups is 1. The van der Waals surface area contributed by atoms with Crippen LogP contribution in [0, 0.1) is 0 Å². The van der Waals surface area contributed by atoms with E-state index in [1.54, 1.807) is 0 Å². The van der Waals surface area contributed by atoms with Gasteiger partial charge in [0.25, 0.3) is 0 Å². The van der Waals surface area contributed by atoms with Gasteiger partial charge in [-0.3, -0.25) is 9.69 Å². The molecule has 0 aliphatic carbocycles. The van der Waals surface area contributed by atoms with Crippen molar-refractivity contribution in [2.24, 2.45) is 0 Å². The van der Waals surface area contributed by atoms with Gasteiger partial charge in [0.15, 0.2) is 9.84 Å². The summed E-state index contributed by atoms with van der Waals surface area (Å²) in [5.74, 6) is 0.261. The Hall–Kier alpha value is -0.443. The second kappa shape index (κ2) is 6.98. The maximum absolute atomic E-state index is 12.0. The predicted octanol–water partition coefficient (Wildman–Crippen LogP) is -0.215. The highest BCUT2D eigenvalue weighted by Crippen LogP contribution is 2.11. The van der Waals surface area contributed by atoms with Crippen LogP contribution in [-0.4, -0.2) is 88.6 Å². The van der Waals surface area contributed by atoms with Crippen LogP contribution in [-0.2, 0) is 14.6 Å². The zero-order valence-corrected chi connectivity index (χ0v) is 15.8. The fourth-order valence-electron chi connectivity index (χ4n) is 3.16. The lowest BCUT2D eigenvalue weighted by Crippen LogP contribution is -2.53. The number of sulfone groups is 1. The molecule has 0 bridgehead atoms. The van der Waals surface area contributed by atoms with E-state index in [2.05, 4.69) is 34.8 Å². The first-order valence-electron chi connectivity index (χ1n) is 8.07. The monoisotopic (exact) mass is 347 g/mol. The summed E-state index contributed by atoms with van der Waals surface area (Å²) in [7, 11) is -4.00. The zero-order chi connectivity index (χ0) is 16.4. The number of piperazine rings is 1. The molecular weight excluding hydrogens is 318 g/mol. The van der Waals surface area contributed by atoms with Crippen molar-refractivity contribution >= 4 is 23.8 Å². The Kier molecular flexibility index (Phi) is 5.68. The van der Waals surface area contributed by atoms with Crippen LogP contribution in [0.1, 0.15) is 6.42 Å². The summed E-state index contributed by atoms with van der Waals surface area (Å²) in [6, 6.07) is -0.189. The molecule has 2 aliphatic heterocycles. The van der Waals surface area contributed by atoms with Crippen LogP contribution in [0.15, 0.2) is 0 Å². The Morgan fingerprint density at radius 2 is 1.73 bits per heavy atom. The van der Waals surface area contributed by atoms with E-state index in [-0.39, 0.29) is 23.5 Å². The molecule has 2 heterocycles. The van der Waals surface area contributed by atoms with Gasteiger partial charge in [-0.15, -0.1) is 0 Å². The van der Waals surface area contributed by atoms with E-state index in [1.165, 1.54) is 6.17 Å². The molecule has 0 aromatic carbocycles. The van der Waals surface area contributed by atoms with Gasteiger partial charge in [-0.2, -0.15) is 0 Å². The molecule has 128 valence electrons. The van der Waals surface area contributed by atoms with E-state index in [0.29, 0.717) is 13.0 Å². The van der Waals surface area contributed by atoms with Gasteiger partial charge in [0.05, 0.1) is 26.1 Å². The van der Waals surface area contributed by atoms with Gasteiger partial charge in [0, 0.05) is 32.2 Å². The van der Waals surface area contributed by atoms with Gasteiger partial charge < -0.3 is 10.2 Å². The molecule has 0 aromatic rings. The topological polar surface area (TPSA) is 69.7 Å². The lowest BCUT2D eigenvalue weighted by molar-refractivity contribution is -0.123. The minimum Gasteiger partial charge on any atom is -0.351 e. The van der Waals surface area contributed by atoms with Crippen molar-refractivity contribution in [1.29, 1.82) is 0 Å². The normalized spacial score (nSPS) is 27.0. The van der Waals surface area contributed by atoms with E-state index in [4.69, 9.17) is 0 Å². The van der Waals surface area contributed by atoms with Gasteiger partial charge in [0.2, 0.25) is 5.91 Å². The van der Waals surface area contributed by atoms with Gasteiger partial charge in [-0.25, -0.2) is 8.42 Å². The molecule has 0 unspecified atom stereocenters. The number of hydrogen-bond donors (Lipinski definition) is 1. The summed E-state index contributed by atoms with van der Waals surface area (Å²) in [6.45, 7) is 11.4. The van der Waals surface area contributed by atoms with Crippen LogP contribution in [0.3, 0.4) is 0 Å². The molecule has 2 aliphatic rings. The number of nitrogens with zero attached hydrogens (tertiary/aromatic N) is 2. The minimum absolute atomic E-state index is 0.0410. The number of rotatable bonds is 5. The number of hydrogen-bond acceptors (Lipinski definition) is 5. The lowest BCUT2D eigenvalue weighted by atomic mass is 10.2. The molecule has 1 amide bonds. The summed E-state index contributed by atoms with van der Waals surface area (Å²) in [6.07, 6.45) is 1.77. The summed E-state index contributed by atoms with van der Waals surface area (Å²) < 4.78 is 22.8. The lowest BCUT2D eigenvalue weighted by Gasteiger charge is -2.37. The van der Waals surface area contributed by atoms with Gasteiger partial charge in [-0.1, -0.05) is 19.6 Å². The van der Waals surface area contributed by atoms with E-state index in [1.807, 2.05) is 0 Å². The molecule has 2 rings (SSSR count). The van der Waals surface area contributed by atoms with Gasteiger partial charge >= 0.3 is 0 Å². The molecule has 6 nitrogen and oxygen atoms in total. The largest absolute Gasteiger partial charge is 0.351 e. The summed E-state index contributed by atoms with van der Waals surface area (Å²) in [5.41, 5.74) is 0. The molecule has 0 saturated carbocycles. The third-order valence-corrected chi connectivity index (χ3v) is 7.29. The Labute approximate surface area is 135 Å². The van der Waals surface area contributed by atoms with Gasteiger partial charge in [0.1, 0.15) is 0 Å². The maximum atomic E-state index is 12.0. The highest BCUT2D eigenvalue weighted by molar-refractivity contribution is 7.91. The van der Waals surface area contributed by atoms with Crippen LogP contribution in [0.2, 0.25) is 19.6 Å². The molecule has 1 N–H and O–H groups in total. The third-order valence-electron chi connectivity index (χ3n) is 4.13. The zero-order valence-electron chi connectivity index (χ0n) is 14.0. The maximum Gasteiger partial charge on any atom is 0.234 e. The molecule has 0 aromatic heterocycles. The Balaban J connectivity index is 1.69. The standard InChI is InChI=1S/C14H29N3O3SSi/c1-22(2,3)12-17-7-5-16(6-8-17)10-14(18)15-13-4-9-21(19,20)11-13/h13H,4-12H2,1-3H3,(H,15,18)/t13-/m0/s1. The number of amides is 1. The Morgan fingerprint density at radius 3 is 2.23 bits per heavy atom. The Morgan fingerprint density at radius 1 is 1.14 bits per heavy atom. The molecule has 22 heavy (non-hydrogen) atoms. The van der Waals surface area contributed by atoms with Crippen LogP contribution >= 0.6 is 0 Å². The molecule has 0 radical (unpaired) electrons. The van der Waals surface area contributed by atoms with E-state index in [9.17, 15) is 13.2 Å². The average molecular weight is 348 g/mol. The highest BCUT2D eigenvalue weighted by Gasteiger charge is 2.29. The molecule has 2 fully saturated rings. The smallest absolute Gasteiger partial charge is 0.234 e. The number of carbonyl (C=O) groups excluding carboxylic acids is 1. The van der Waals surface area contributed by atoms with E-state index < -0.39 is 17.9 Å². The first kappa shape index (κ1) is 17.9. The van der Waals surface area contributed by atoms with Crippen molar-refractivity contribution in [1.82, 2.24) is 15.1 Å². The van der Waals surface area contributed by atoms with Gasteiger partial charge in [-0.05, 0) is 12.6 Å².